The normalized spacial score (nSPS) is 14.3. The van der Waals surface area contributed by atoms with Crippen LogP contribution in [-0.2, 0) is 11.0 Å². The van der Waals surface area contributed by atoms with Crippen molar-refractivity contribution in [2.45, 2.75) is 32.4 Å². The number of carbonyl (C=O) groups is 1. The van der Waals surface area contributed by atoms with Crippen LogP contribution in [0.15, 0.2) is 18.2 Å². The lowest BCUT2D eigenvalue weighted by atomic mass is 10.1. The Morgan fingerprint density at radius 2 is 2.12 bits per heavy atom. The SMILES string of the molecule is CCCNCC(=O)N(CC1CC1)c1ccc(C#N)c(C(F)(F)F)c1. The molecule has 0 radical (unpaired) electrons. The van der Waals surface area contributed by atoms with Crippen LogP contribution >= 0.6 is 0 Å². The third-order valence-corrected chi connectivity index (χ3v) is 3.88. The number of carbonyl (C=O) groups excluding carboxylic acids is 1. The number of rotatable bonds is 7. The highest BCUT2D eigenvalue weighted by Crippen LogP contribution is 2.36. The molecule has 1 amide bonds. The largest absolute Gasteiger partial charge is 0.417 e. The van der Waals surface area contributed by atoms with Crippen molar-refractivity contribution in [2.24, 2.45) is 5.92 Å². The molecule has 24 heavy (non-hydrogen) atoms. The second-order valence-corrected chi connectivity index (χ2v) is 5.96. The first-order chi connectivity index (χ1) is 11.4. The molecule has 4 nitrogen and oxygen atoms in total. The van der Waals surface area contributed by atoms with E-state index in [1.807, 2.05) is 6.92 Å². The summed E-state index contributed by atoms with van der Waals surface area (Å²) >= 11 is 0. The van der Waals surface area contributed by atoms with Gasteiger partial charge in [-0.15, -0.1) is 0 Å². The van der Waals surface area contributed by atoms with E-state index in [4.69, 9.17) is 5.26 Å². The molecule has 1 fully saturated rings. The fourth-order valence-corrected chi connectivity index (χ4v) is 2.41. The minimum atomic E-state index is -4.63. The van der Waals surface area contributed by atoms with E-state index < -0.39 is 17.3 Å². The van der Waals surface area contributed by atoms with E-state index in [0.29, 0.717) is 19.0 Å². The van der Waals surface area contributed by atoms with Gasteiger partial charge in [0.25, 0.3) is 0 Å². The van der Waals surface area contributed by atoms with Crippen molar-refractivity contribution >= 4 is 11.6 Å². The van der Waals surface area contributed by atoms with Crippen molar-refractivity contribution < 1.29 is 18.0 Å². The van der Waals surface area contributed by atoms with Crippen LogP contribution in [0.5, 0.6) is 0 Å². The van der Waals surface area contributed by atoms with E-state index in [1.165, 1.54) is 11.0 Å². The summed E-state index contributed by atoms with van der Waals surface area (Å²) < 4.78 is 39.4. The standard InChI is InChI=1S/C17H20F3N3O/c1-2-7-22-10-16(24)23(11-12-3-4-12)14-6-5-13(9-21)15(8-14)17(18,19)20/h5-6,8,12,22H,2-4,7,10-11H2,1H3. The van der Waals surface area contributed by atoms with Crippen molar-refractivity contribution in [3.63, 3.8) is 0 Å². The average Bonchev–Trinajstić information content (AvgIpc) is 3.35. The molecule has 0 saturated heterocycles. The molecule has 2 rings (SSSR count). The molecule has 1 N–H and O–H groups in total. The highest BCUT2D eigenvalue weighted by Gasteiger charge is 2.35. The fourth-order valence-electron chi connectivity index (χ4n) is 2.41. The summed E-state index contributed by atoms with van der Waals surface area (Å²) in [5.74, 6) is 0.0817. The van der Waals surface area contributed by atoms with Gasteiger partial charge in [-0.1, -0.05) is 6.92 Å². The zero-order chi connectivity index (χ0) is 17.7. The van der Waals surface area contributed by atoms with Gasteiger partial charge in [0.1, 0.15) is 0 Å². The quantitative estimate of drug-likeness (QED) is 0.776. The highest BCUT2D eigenvalue weighted by molar-refractivity contribution is 5.95. The number of anilines is 1. The van der Waals surface area contributed by atoms with Crippen molar-refractivity contribution in [3.05, 3.63) is 29.3 Å². The van der Waals surface area contributed by atoms with Crippen molar-refractivity contribution in [2.75, 3.05) is 24.5 Å². The number of hydrogen-bond donors (Lipinski definition) is 1. The molecule has 0 unspecified atom stereocenters. The van der Waals surface area contributed by atoms with Gasteiger partial charge >= 0.3 is 6.18 Å². The maximum absolute atomic E-state index is 13.1. The van der Waals surface area contributed by atoms with Crippen LogP contribution in [0, 0.1) is 17.2 Å². The van der Waals surface area contributed by atoms with Crippen LogP contribution in [0.3, 0.4) is 0 Å². The Bertz CT molecular complexity index is 633. The molecule has 0 heterocycles. The van der Waals surface area contributed by atoms with Crippen LogP contribution in [0.25, 0.3) is 0 Å². The minimum Gasteiger partial charge on any atom is -0.311 e. The maximum Gasteiger partial charge on any atom is 0.417 e. The zero-order valence-corrected chi connectivity index (χ0v) is 13.5. The predicted molar refractivity (Wildman–Crippen MR) is 84.4 cm³/mol. The molecule has 0 aliphatic heterocycles. The second kappa shape index (κ2) is 7.67. The van der Waals surface area contributed by atoms with Gasteiger partial charge in [-0.05, 0) is 49.9 Å². The Kier molecular flexibility index (Phi) is 5.84. The van der Waals surface area contributed by atoms with Gasteiger partial charge in [0.15, 0.2) is 0 Å². The Hall–Kier alpha value is -2.07. The third kappa shape index (κ3) is 4.71. The van der Waals surface area contributed by atoms with Crippen LogP contribution in [-0.4, -0.2) is 25.5 Å². The van der Waals surface area contributed by atoms with E-state index in [-0.39, 0.29) is 18.1 Å². The van der Waals surface area contributed by atoms with E-state index in [9.17, 15) is 18.0 Å². The summed E-state index contributed by atoms with van der Waals surface area (Å²) in [7, 11) is 0. The monoisotopic (exact) mass is 339 g/mol. The van der Waals surface area contributed by atoms with Gasteiger partial charge in [0.05, 0.1) is 23.7 Å². The van der Waals surface area contributed by atoms with Gasteiger partial charge < -0.3 is 10.2 Å². The minimum absolute atomic E-state index is 0.0852. The number of halogens is 3. The number of hydrogen-bond acceptors (Lipinski definition) is 3. The fraction of sp³-hybridized carbons (Fsp3) is 0.529. The summed E-state index contributed by atoms with van der Waals surface area (Å²) in [5, 5.41) is 11.9. The van der Waals surface area contributed by atoms with Gasteiger partial charge in [-0.25, -0.2) is 0 Å². The number of nitriles is 1. The molecule has 7 heteroatoms. The van der Waals surface area contributed by atoms with Gasteiger partial charge in [-0.2, -0.15) is 18.4 Å². The molecule has 1 aliphatic carbocycles. The molecule has 0 atom stereocenters. The summed E-state index contributed by atoms with van der Waals surface area (Å²) in [6.07, 6.45) is -1.80. The van der Waals surface area contributed by atoms with Crippen LogP contribution in [0.2, 0.25) is 0 Å². The van der Waals surface area contributed by atoms with E-state index >= 15 is 0 Å². The summed E-state index contributed by atoms with van der Waals surface area (Å²) in [4.78, 5) is 13.8. The topological polar surface area (TPSA) is 56.1 Å². The second-order valence-electron chi connectivity index (χ2n) is 5.96. The number of benzene rings is 1. The molecular weight excluding hydrogens is 319 g/mol. The molecule has 0 bridgehead atoms. The predicted octanol–water partition coefficient (Wildman–Crippen LogP) is 3.32. The van der Waals surface area contributed by atoms with Crippen LogP contribution in [0.4, 0.5) is 18.9 Å². The van der Waals surface area contributed by atoms with Crippen molar-refractivity contribution in [3.8, 4) is 6.07 Å². The molecule has 0 spiro atoms. The van der Waals surface area contributed by atoms with Gasteiger partial charge in [0, 0.05) is 12.2 Å². The van der Waals surface area contributed by atoms with Gasteiger partial charge in [-0.3, -0.25) is 4.79 Å². The molecular formula is C17H20F3N3O. The van der Waals surface area contributed by atoms with Crippen LogP contribution in [0.1, 0.15) is 37.3 Å². The lowest BCUT2D eigenvalue weighted by molar-refractivity contribution is -0.137. The smallest absolute Gasteiger partial charge is 0.311 e. The zero-order valence-electron chi connectivity index (χ0n) is 13.5. The first-order valence-corrected chi connectivity index (χ1v) is 7.99. The number of amides is 1. The van der Waals surface area contributed by atoms with Crippen molar-refractivity contribution in [1.29, 1.82) is 5.26 Å². The van der Waals surface area contributed by atoms with E-state index in [1.54, 1.807) is 6.07 Å². The number of nitrogens with zero attached hydrogens (tertiary/aromatic N) is 2. The molecule has 1 aromatic carbocycles. The third-order valence-electron chi connectivity index (χ3n) is 3.88. The highest BCUT2D eigenvalue weighted by atomic mass is 19.4. The summed E-state index contributed by atoms with van der Waals surface area (Å²) in [6.45, 7) is 3.14. The average molecular weight is 339 g/mol. The first-order valence-electron chi connectivity index (χ1n) is 7.99. The van der Waals surface area contributed by atoms with Crippen LogP contribution < -0.4 is 10.2 Å². The summed E-state index contributed by atoms with van der Waals surface area (Å²) in [5.41, 5.74) is -1.25. The van der Waals surface area contributed by atoms with E-state index in [0.717, 1.165) is 31.4 Å². The molecule has 1 saturated carbocycles. The molecule has 0 aromatic heterocycles. The molecule has 130 valence electrons. The molecule has 1 aliphatic rings. The Morgan fingerprint density at radius 3 is 2.67 bits per heavy atom. The number of nitrogens with one attached hydrogen (secondary N) is 1. The van der Waals surface area contributed by atoms with E-state index in [2.05, 4.69) is 5.32 Å². The maximum atomic E-state index is 13.1. The molecule has 1 aromatic rings. The van der Waals surface area contributed by atoms with Crippen molar-refractivity contribution in [1.82, 2.24) is 5.32 Å². The first kappa shape index (κ1) is 18.3. The Balaban J connectivity index is 2.28. The lowest BCUT2D eigenvalue weighted by Gasteiger charge is -2.24. The lowest BCUT2D eigenvalue weighted by Crippen LogP contribution is -2.40. The van der Waals surface area contributed by atoms with Gasteiger partial charge in [0.2, 0.25) is 5.91 Å². The Labute approximate surface area is 139 Å². The number of alkyl halides is 3. The Morgan fingerprint density at radius 1 is 1.42 bits per heavy atom. The summed E-state index contributed by atoms with van der Waals surface area (Å²) in [6, 6.07) is 5.00.